The smallest absolute Gasteiger partial charge is 0.274 e. The number of anilines is 2. The molecule has 5 aromatic rings. The normalized spacial score (nSPS) is 16.0. The summed E-state index contributed by atoms with van der Waals surface area (Å²) in [5, 5.41) is 0.597. The van der Waals surface area contributed by atoms with E-state index in [-0.39, 0.29) is 29.5 Å². The van der Waals surface area contributed by atoms with Crippen molar-refractivity contribution in [2.24, 2.45) is 7.05 Å². The molecule has 2 aliphatic rings. The molecule has 0 radical (unpaired) electrons. The summed E-state index contributed by atoms with van der Waals surface area (Å²) in [6, 6.07) is 15.1. The van der Waals surface area contributed by atoms with Crippen molar-refractivity contribution in [1.29, 1.82) is 0 Å². The van der Waals surface area contributed by atoms with Crippen molar-refractivity contribution in [3.05, 3.63) is 117 Å². The van der Waals surface area contributed by atoms with Crippen LogP contribution in [0.5, 0.6) is 0 Å². The number of amides is 1. The van der Waals surface area contributed by atoms with E-state index in [9.17, 15) is 22.4 Å². The highest BCUT2D eigenvalue weighted by Gasteiger charge is 2.38. The first-order valence-electron chi connectivity index (χ1n) is 13.6. The Hall–Kier alpha value is -4.77. The number of carbonyl (C=O) groups is 1. The maximum absolute atomic E-state index is 15.7. The van der Waals surface area contributed by atoms with Gasteiger partial charge in [-0.3, -0.25) is 9.59 Å². The predicted molar refractivity (Wildman–Crippen MR) is 160 cm³/mol. The molecule has 1 N–H and O–H groups in total. The Morgan fingerprint density at radius 1 is 0.953 bits per heavy atom. The Balaban J connectivity index is 1.51. The Labute approximate surface area is 245 Å². The average Bonchev–Trinajstić information content (AvgIpc) is 3.50. The minimum Gasteiger partial charge on any atom is -0.356 e. The summed E-state index contributed by atoms with van der Waals surface area (Å²) < 4.78 is 55.8. The van der Waals surface area contributed by atoms with Crippen molar-refractivity contribution in [3.63, 3.8) is 0 Å². The number of hydrogen-bond donors (Lipinski definition) is 1. The Kier molecular flexibility index (Phi) is 6.07. The number of rotatable bonds is 5. The van der Waals surface area contributed by atoms with E-state index >= 15 is 4.39 Å². The van der Waals surface area contributed by atoms with Gasteiger partial charge in [-0.1, -0.05) is 24.3 Å². The zero-order chi connectivity index (χ0) is 30.2. The van der Waals surface area contributed by atoms with Gasteiger partial charge in [-0.05, 0) is 41.5 Å². The number of carbonyl (C=O) groups excluding carboxylic acids is 1. The van der Waals surface area contributed by atoms with Crippen LogP contribution in [0.1, 0.15) is 33.1 Å². The van der Waals surface area contributed by atoms with Crippen LogP contribution in [0.3, 0.4) is 0 Å². The van der Waals surface area contributed by atoms with Crippen molar-refractivity contribution in [2.75, 3.05) is 17.7 Å². The second kappa shape index (κ2) is 9.63. The summed E-state index contributed by atoms with van der Waals surface area (Å²) in [6.45, 7) is 0.471. The highest BCUT2D eigenvalue weighted by molar-refractivity contribution is 7.89. The maximum atomic E-state index is 15.7. The lowest BCUT2D eigenvalue weighted by Crippen LogP contribution is -2.36. The highest BCUT2D eigenvalue weighted by Crippen LogP contribution is 2.49. The Morgan fingerprint density at radius 2 is 1.72 bits per heavy atom. The molecule has 1 amide bonds. The van der Waals surface area contributed by atoms with Crippen molar-refractivity contribution in [2.45, 2.75) is 18.3 Å². The van der Waals surface area contributed by atoms with Gasteiger partial charge in [0.15, 0.2) is 9.84 Å². The quantitative estimate of drug-likeness (QED) is 0.299. The molecule has 11 heteroatoms. The van der Waals surface area contributed by atoms with E-state index in [4.69, 9.17) is 0 Å². The number of sulfone groups is 1. The Morgan fingerprint density at radius 3 is 2.47 bits per heavy atom. The number of H-pyrrole nitrogens is 1. The molecule has 0 saturated carbocycles. The number of pyridine rings is 1. The molecule has 0 spiro atoms. The molecule has 2 aliphatic heterocycles. The SMILES string of the molecule is Cn1cc2c3c(c[nH]c3c1=O)C(CN1Cc3ccccc3C1=O)N(c1ccc(F)cc1F)c1ccc(CS(C)(=O)=O)cc1-2. The second-order valence-corrected chi connectivity index (χ2v) is 13.3. The van der Waals surface area contributed by atoms with Crippen molar-refractivity contribution >= 4 is 38.0 Å². The van der Waals surface area contributed by atoms with Crippen LogP contribution >= 0.6 is 0 Å². The lowest BCUT2D eigenvalue weighted by Gasteiger charge is -2.36. The minimum absolute atomic E-state index is 0.0709. The van der Waals surface area contributed by atoms with Crippen LogP contribution in [0, 0.1) is 11.6 Å². The average molecular weight is 601 g/mol. The fourth-order valence-corrected chi connectivity index (χ4v) is 7.18. The zero-order valence-electron chi connectivity index (χ0n) is 23.3. The first kappa shape index (κ1) is 27.1. The fourth-order valence-electron chi connectivity index (χ4n) is 6.39. The zero-order valence-corrected chi connectivity index (χ0v) is 24.1. The molecule has 1 unspecified atom stereocenters. The molecule has 1 atom stereocenters. The lowest BCUT2D eigenvalue weighted by molar-refractivity contribution is 0.0769. The molecule has 2 aromatic heterocycles. The van der Waals surface area contributed by atoms with Gasteiger partial charge in [0.1, 0.15) is 17.2 Å². The summed E-state index contributed by atoms with van der Waals surface area (Å²) in [6.07, 6.45) is 4.53. The van der Waals surface area contributed by atoms with Gasteiger partial charge in [0, 0.05) is 78.2 Å². The van der Waals surface area contributed by atoms with Crippen LogP contribution in [-0.4, -0.2) is 41.6 Å². The van der Waals surface area contributed by atoms with E-state index in [0.717, 1.165) is 17.9 Å². The molecular formula is C32H26F2N4O4S. The van der Waals surface area contributed by atoms with E-state index in [0.29, 0.717) is 51.0 Å². The fraction of sp³-hybridized carbons (Fsp3) is 0.188. The summed E-state index contributed by atoms with van der Waals surface area (Å²) in [5.41, 5.74) is 4.50. The number of aromatic nitrogens is 2. The molecule has 43 heavy (non-hydrogen) atoms. The number of benzene rings is 3. The molecule has 4 heterocycles. The highest BCUT2D eigenvalue weighted by atomic mass is 32.2. The predicted octanol–water partition coefficient (Wildman–Crippen LogP) is 5.21. The van der Waals surface area contributed by atoms with Gasteiger partial charge in [0.05, 0.1) is 17.5 Å². The van der Waals surface area contributed by atoms with E-state index < -0.39 is 27.5 Å². The molecule has 0 aliphatic carbocycles. The van der Waals surface area contributed by atoms with Gasteiger partial charge in [0.25, 0.3) is 11.5 Å². The third kappa shape index (κ3) is 4.42. The lowest BCUT2D eigenvalue weighted by atomic mass is 9.98. The van der Waals surface area contributed by atoms with Crippen LogP contribution in [0.4, 0.5) is 20.2 Å². The number of nitrogens with one attached hydrogen (secondary N) is 1. The second-order valence-electron chi connectivity index (χ2n) is 11.2. The first-order chi connectivity index (χ1) is 20.5. The maximum Gasteiger partial charge on any atom is 0.274 e. The molecule has 0 fully saturated rings. The number of halogens is 2. The van der Waals surface area contributed by atoms with Gasteiger partial charge in [0.2, 0.25) is 0 Å². The Bertz CT molecular complexity index is 2150. The van der Waals surface area contributed by atoms with Crippen molar-refractivity contribution < 1.29 is 22.0 Å². The molecule has 218 valence electrons. The van der Waals surface area contributed by atoms with Crippen LogP contribution in [-0.2, 0) is 29.2 Å². The van der Waals surface area contributed by atoms with Gasteiger partial charge in [-0.2, -0.15) is 0 Å². The van der Waals surface area contributed by atoms with Gasteiger partial charge >= 0.3 is 0 Å². The molecule has 0 bridgehead atoms. The number of nitrogens with zero attached hydrogens (tertiary/aromatic N) is 3. The molecule has 7 rings (SSSR count). The van der Waals surface area contributed by atoms with Crippen LogP contribution in [0.15, 0.2) is 77.9 Å². The van der Waals surface area contributed by atoms with E-state index in [1.807, 2.05) is 12.1 Å². The summed E-state index contributed by atoms with van der Waals surface area (Å²) >= 11 is 0. The van der Waals surface area contributed by atoms with E-state index in [2.05, 4.69) is 4.98 Å². The summed E-state index contributed by atoms with van der Waals surface area (Å²) in [7, 11) is -1.76. The van der Waals surface area contributed by atoms with Crippen LogP contribution < -0.4 is 10.5 Å². The number of aryl methyl sites for hydroxylation is 1. The van der Waals surface area contributed by atoms with Crippen molar-refractivity contribution in [1.82, 2.24) is 14.5 Å². The number of aromatic amines is 1. The molecular weight excluding hydrogens is 574 g/mol. The van der Waals surface area contributed by atoms with Crippen LogP contribution in [0.2, 0.25) is 0 Å². The minimum atomic E-state index is -3.39. The van der Waals surface area contributed by atoms with E-state index in [1.165, 1.54) is 16.7 Å². The van der Waals surface area contributed by atoms with Crippen LogP contribution in [0.25, 0.3) is 22.0 Å². The molecule has 8 nitrogen and oxygen atoms in total. The van der Waals surface area contributed by atoms with Crippen molar-refractivity contribution in [3.8, 4) is 11.1 Å². The topological polar surface area (TPSA) is 95.5 Å². The standard InChI is InChI=1S/C32H26F2N4O4S/c1-36-15-24-22-11-18(17-43(2,41)42)7-9-26(22)38(27-10-8-20(33)12-25(27)34)28(23-13-35-30(29(23)24)32(36)40)16-37-14-19-5-3-4-6-21(19)31(37)39/h3-13,15,28,35H,14,16-17H2,1-2H3. The van der Waals surface area contributed by atoms with E-state index in [1.54, 1.807) is 59.6 Å². The number of fused-ring (bicyclic) bond motifs is 3. The third-order valence-electron chi connectivity index (χ3n) is 8.21. The number of hydrogen-bond acceptors (Lipinski definition) is 5. The largest absolute Gasteiger partial charge is 0.356 e. The summed E-state index contributed by atoms with van der Waals surface area (Å²) in [5.74, 6) is -1.93. The molecule has 3 aromatic carbocycles. The monoisotopic (exact) mass is 600 g/mol. The van der Waals surface area contributed by atoms with Gasteiger partial charge in [-0.15, -0.1) is 0 Å². The molecule has 0 saturated heterocycles. The third-order valence-corrected chi connectivity index (χ3v) is 9.06. The van der Waals surface area contributed by atoms with Gasteiger partial charge in [-0.25, -0.2) is 17.2 Å². The first-order valence-corrected chi connectivity index (χ1v) is 15.7. The summed E-state index contributed by atoms with van der Waals surface area (Å²) in [4.78, 5) is 33.3. The van der Waals surface area contributed by atoms with Gasteiger partial charge < -0.3 is 19.4 Å².